The molecule has 2 aromatic heterocycles. The number of nitrogens with one attached hydrogen (secondary N) is 1. The molecule has 0 radical (unpaired) electrons. The van der Waals surface area contributed by atoms with Gasteiger partial charge >= 0.3 is 0 Å². The van der Waals surface area contributed by atoms with Crippen LogP contribution in [0.1, 0.15) is 41.8 Å². The third-order valence-corrected chi connectivity index (χ3v) is 4.24. The summed E-state index contributed by atoms with van der Waals surface area (Å²) in [6.45, 7) is 6.83. The predicted molar refractivity (Wildman–Crippen MR) is 81.4 cm³/mol. The minimum Gasteiger partial charge on any atom is -0.310 e. The molecular formula is C16H20N4O. The summed E-state index contributed by atoms with van der Waals surface area (Å²) in [7, 11) is 0. The van der Waals surface area contributed by atoms with E-state index < -0.39 is 0 Å². The van der Waals surface area contributed by atoms with E-state index in [2.05, 4.69) is 22.1 Å². The van der Waals surface area contributed by atoms with Crippen molar-refractivity contribution in [2.45, 2.75) is 39.5 Å². The second-order valence-electron chi connectivity index (χ2n) is 5.75. The van der Waals surface area contributed by atoms with E-state index in [1.165, 1.54) is 5.56 Å². The Morgan fingerprint density at radius 2 is 2.29 bits per heavy atom. The molecule has 0 bridgehead atoms. The standard InChI is InChI=1S/C16H20N4O/c1-10(16-11(2)18-19-12(16)3)8-15(21)20-7-5-13-4-6-17-9-14(13)20/h4,6,9-10H,5,7-8H2,1-3H3,(H,18,19). The zero-order chi connectivity index (χ0) is 15.0. The maximum atomic E-state index is 12.6. The molecule has 5 heteroatoms. The number of nitrogens with zero attached hydrogens (tertiary/aromatic N) is 3. The molecule has 0 saturated carbocycles. The van der Waals surface area contributed by atoms with Gasteiger partial charge in [-0.1, -0.05) is 6.92 Å². The van der Waals surface area contributed by atoms with Crippen LogP contribution in [-0.2, 0) is 11.2 Å². The fourth-order valence-electron chi connectivity index (χ4n) is 3.24. The highest BCUT2D eigenvalue weighted by Gasteiger charge is 2.27. The van der Waals surface area contributed by atoms with Crippen molar-refractivity contribution < 1.29 is 4.79 Å². The SMILES string of the molecule is Cc1n[nH]c(C)c1C(C)CC(=O)N1CCc2ccncc21. The molecule has 1 amide bonds. The van der Waals surface area contributed by atoms with Crippen molar-refractivity contribution in [1.82, 2.24) is 15.2 Å². The predicted octanol–water partition coefficient (Wildman–Crippen LogP) is 2.50. The average Bonchev–Trinajstić information content (AvgIpc) is 3.02. The highest BCUT2D eigenvalue weighted by Crippen LogP contribution is 2.30. The normalized spacial score (nSPS) is 15.1. The first-order valence-electron chi connectivity index (χ1n) is 7.32. The second kappa shape index (κ2) is 5.31. The van der Waals surface area contributed by atoms with Crippen LogP contribution in [-0.4, -0.2) is 27.6 Å². The van der Waals surface area contributed by atoms with Crippen LogP contribution >= 0.6 is 0 Å². The summed E-state index contributed by atoms with van der Waals surface area (Å²) in [5, 5.41) is 7.21. The van der Waals surface area contributed by atoms with Gasteiger partial charge in [-0.2, -0.15) is 5.10 Å². The van der Waals surface area contributed by atoms with Crippen LogP contribution in [0.3, 0.4) is 0 Å². The Morgan fingerprint density at radius 1 is 1.48 bits per heavy atom. The van der Waals surface area contributed by atoms with Crippen molar-refractivity contribution in [1.29, 1.82) is 0 Å². The third-order valence-electron chi connectivity index (χ3n) is 4.24. The zero-order valence-corrected chi connectivity index (χ0v) is 12.7. The van der Waals surface area contributed by atoms with E-state index in [1.807, 2.05) is 24.8 Å². The maximum Gasteiger partial charge on any atom is 0.227 e. The number of H-pyrrole nitrogens is 1. The number of aromatic amines is 1. The quantitative estimate of drug-likeness (QED) is 0.942. The molecule has 0 spiro atoms. The third kappa shape index (κ3) is 2.44. The van der Waals surface area contributed by atoms with Crippen molar-refractivity contribution in [3.63, 3.8) is 0 Å². The van der Waals surface area contributed by atoms with Gasteiger partial charge in [-0.15, -0.1) is 0 Å². The summed E-state index contributed by atoms with van der Waals surface area (Å²) < 4.78 is 0. The van der Waals surface area contributed by atoms with Crippen molar-refractivity contribution in [3.05, 3.63) is 41.0 Å². The number of amides is 1. The summed E-state index contributed by atoms with van der Waals surface area (Å²) in [5.74, 6) is 0.325. The summed E-state index contributed by atoms with van der Waals surface area (Å²) in [5.41, 5.74) is 5.37. The summed E-state index contributed by atoms with van der Waals surface area (Å²) >= 11 is 0. The molecule has 110 valence electrons. The lowest BCUT2D eigenvalue weighted by molar-refractivity contribution is -0.118. The number of carbonyl (C=O) groups excluding carboxylic acids is 1. The first-order chi connectivity index (χ1) is 10.1. The smallest absolute Gasteiger partial charge is 0.227 e. The number of fused-ring (bicyclic) bond motifs is 1. The van der Waals surface area contributed by atoms with Gasteiger partial charge in [-0.3, -0.25) is 14.9 Å². The van der Waals surface area contributed by atoms with Crippen LogP contribution < -0.4 is 4.90 Å². The van der Waals surface area contributed by atoms with Crippen molar-refractivity contribution in [3.8, 4) is 0 Å². The van der Waals surface area contributed by atoms with E-state index in [9.17, 15) is 4.79 Å². The maximum absolute atomic E-state index is 12.6. The molecule has 1 aliphatic heterocycles. The monoisotopic (exact) mass is 284 g/mol. The van der Waals surface area contributed by atoms with E-state index in [1.54, 1.807) is 12.4 Å². The summed E-state index contributed by atoms with van der Waals surface area (Å²) in [6.07, 6.45) is 4.99. The lowest BCUT2D eigenvalue weighted by Crippen LogP contribution is -2.30. The number of anilines is 1. The molecule has 2 aromatic rings. The van der Waals surface area contributed by atoms with E-state index >= 15 is 0 Å². The first kappa shape index (κ1) is 13.8. The molecule has 1 unspecified atom stereocenters. The van der Waals surface area contributed by atoms with Crippen molar-refractivity contribution >= 4 is 11.6 Å². The van der Waals surface area contributed by atoms with E-state index in [4.69, 9.17) is 0 Å². The summed E-state index contributed by atoms with van der Waals surface area (Å²) in [4.78, 5) is 18.6. The van der Waals surface area contributed by atoms with Gasteiger partial charge in [-0.05, 0) is 43.4 Å². The minimum atomic E-state index is 0.161. The number of rotatable bonds is 3. The Bertz CT molecular complexity index is 657. The van der Waals surface area contributed by atoms with Crippen LogP contribution in [0.4, 0.5) is 5.69 Å². The number of carbonyl (C=O) groups is 1. The molecule has 0 aromatic carbocycles. The first-order valence-corrected chi connectivity index (χ1v) is 7.32. The molecule has 0 fully saturated rings. The molecule has 1 atom stereocenters. The van der Waals surface area contributed by atoms with Crippen LogP contribution in [0.2, 0.25) is 0 Å². The number of hydrogen-bond acceptors (Lipinski definition) is 3. The Labute approximate surface area is 124 Å². The van der Waals surface area contributed by atoms with Gasteiger partial charge < -0.3 is 4.90 Å². The second-order valence-corrected chi connectivity index (χ2v) is 5.75. The molecule has 21 heavy (non-hydrogen) atoms. The molecule has 0 saturated heterocycles. The number of hydrogen-bond donors (Lipinski definition) is 1. The van der Waals surface area contributed by atoms with Crippen LogP contribution in [0.25, 0.3) is 0 Å². The molecule has 1 N–H and O–H groups in total. The fourth-order valence-corrected chi connectivity index (χ4v) is 3.24. The molecule has 3 heterocycles. The lowest BCUT2D eigenvalue weighted by atomic mass is 9.95. The van der Waals surface area contributed by atoms with Gasteiger partial charge in [0, 0.05) is 24.9 Å². The number of pyridine rings is 1. The van der Waals surface area contributed by atoms with Gasteiger partial charge in [0.05, 0.1) is 17.6 Å². The Kier molecular flexibility index (Phi) is 3.49. The topological polar surface area (TPSA) is 61.9 Å². The Hall–Kier alpha value is -2.17. The number of aryl methyl sites for hydroxylation is 2. The van der Waals surface area contributed by atoms with Gasteiger partial charge in [0.25, 0.3) is 0 Å². The molecule has 0 aliphatic carbocycles. The van der Waals surface area contributed by atoms with E-state index in [0.29, 0.717) is 6.42 Å². The van der Waals surface area contributed by atoms with Gasteiger partial charge in [0.1, 0.15) is 0 Å². The molecule has 5 nitrogen and oxygen atoms in total. The largest absolute Gasteiger partial charge is 0.310 e. The van der Waals surface area contributed by atoms with E-state index in [-0.39, 0.29) is 11.8 Å². The Morgan fingerprint density at radius 3 is 3.00 bits per heavy atom. The molecule has 3 rings (SSSR count). The van der Waals surface area contributed by atoms with Crippen molar-refractivity contribution in [2.24, 2.45) is 0 Å². The highest BCUT2D eigenvalue weighted by molar-refractivity contribution is 5.95. The summed E-state index contributed by atoms with van der Waals surface area (Å²) in [6, 6.07) is 2.00. The molecule has 1 aliphatic rings. The van der Waals surface area contributed by atoms with Crippen molar-refractivity contribution in [2.75, 3.05) is 11.4 Å². The van der Waals surface area contributed by atoms with Crippen LogP contribution in [0.15, 0.2) is 18.5 Å². The fraction of sp³-hybridized carbons (Fsp3) is 0.438. The lowest BCUT2D eigenvalue weighted by Gasteiger charge is -2.19. The molecular weight excluding hydrogens is 264 g/mol. The average molecular weight is 284 g/mol. The Balaban J connectivity index is 1.76. The van der Waals surface area contributed by atoms with E-state index in [0.717, 1.165) is 35.6 Å². The highest BCUT2D eigenvalue weighted by atomic mass is 16.2. The zero-order valence-electron chi connectivity index (χ0n) is 12.7. The van der Waals surface area contributed by atoms with Gasteiger partial charge in [0.15, 0.2) is 0 Å². The van der Waals surface area contributed by atoms with Crippen LogP contribution in [0, 0.1) is 13.8 Å². The number of aromatic nitrogens is 3. The minimum absolute atomic E-state index is 0.161. The van der Waals surface area contributed by atoms with Crippen LogP contribution in [0.5, 0.6) is 0 Å². The van der Waals surface area contributed by atoms with Gasteiger partial charge in [0.2, 0.25) is 5.91 Å². The van der Waals surface area contributed by atoms with Gasteiger partial charge in [-0.25, -0.2) is 0 Å².